The molecule has 8 heteroatoms. The summed E-state index contributed by atoms with van der Waals surface area (Å²) in [5, 5.41) is 5.75. The van der Waals surface area contributed by atoms with E-state index in [0.29, 0.717) is 5.69 Å². The van der Waals surface area contributed by atoms with Crippen LogP contribution in [0.25, 0.3) is 0 Å². The lowest BCUT2D eigenvalue weighted by Gasteiger charge is -2.20. The van der Waals surface area contributed by atoms with E-state index >= 15 is 0 Å². The number of amides is 1. The second-order valence-electron chi connectivity index (χ2n) is 6.09. The zero-order valence-electron chi connectivity index (χ0n) is 15.8. The molecule has 0 unspecified atom stereocenters. The molecule has 0 atom stereocenters. The van der Waals surface area contributed by atoms with Crippen LogP contribution in [0.2, 0.25) is 0 Å². The third-order valence-electron chi connectivity index (χ3n) is 4.12. The third-order valence-corrected chi connectivity index (χ3v) is 4.12. The van der Waals surface area contributed by atoms with E-state index in [1.807, 2.05) is 24.3 Å². The molecule has 0 fully saturated rings. The molecule has 2 aromatic rings. The molecule has 0 aromatic heterocycles. The van der Waals surface area contributed by atoms with Gasteiger partial charge in [0.15, 0.2) is 0 Å². The Morgan fingerprint density at radius 1 is 1.04 bits per heavy atom. The van der Waals surface area contributed by atoms with Crippen molar-refractivity contribution < 1.29 is 22.7 Å². The number of halogens is 3. The molecule has 2 rings (SSSR count). The number of para-hydroxylation sites is 1. The molecule has 2 N–H and O–H groups in total. The van der Waals surface area contributed by atoms with Crippen molar-refractivity contribution in [2.24, 2.45) is 0 Å². The van der Waals surface area contributed by atoms with Crippen LogP contribution in [-0.2, 0) is 11.3 Å². The van der Waals surface area contributed by atoms with Crippen LogP contribution in [0.5, 0.6) is 5.75 Å². The predicted octanol–water partition coefficient (Wildman–Crippen LogP) is 4.48. The Morgan fingerprint density at radius 3 is 2.29 bits per heavy atom. The van der Waals surface area contributed by atoms with Gasteiger partial charge in [-0.1, -0.05) is 32.0 Å². The highest BCUT2D eigenvalue weighted by atomic mass is 19.4. The first-order valence-corrected chi connectivity index (χ1v) is 9.00. The highest BCUT2D eigenvalue weighted by Gasteiger charge is 2.30. The molecule has 1 amide bonds. The van der Waals surface area contributed by atoms with E-state index in [4.69, 9.17) is 0 Å². The molecular formula is C20H24F3N3O2. The normalized spacial score (nSPS) is 11.4. The van der Waals surface area contributed by atoms with Gasteiger partial charge in [-0.15, -0.1) is 13.2 Å². The first kappa shape index (κ1) is 21.6. The molecule has 0 aliphatic rings. The van der Waals surface area contributed by atoms with Crippen LogP contribution in [0.15, 0.2) is 48.5 Å². The maximum Gasteiger partial charge on any atom is 0.573 e. The average Bonchev–Trinajstić information content (AvgIpc) is 2.65. The lowest BCUT2D eigenvalue weighted by molar-refractivity contribution is -0.274. The van der Waals surface area contributed by atoms with Crippen molar-refractivity contribution in [3.8, 4) is 5.75 Å². The number of ether oxygens (including phenoxy) is 1. The van der Waals surface area contributed by atoms with Crippen LogP contribution in [0.3, 0.4) is 0 Å². The molecule has 0 bridgehead atoms. The Kier molecular flexibility index (Phi) is 7.69. The fourth-order valence-corrected chi connectivity index (χ4v) is 2.64. The summed E-state index contributed by atoms with van der Waals surface area (Å²) in [7, 11) is 0. The Hall–Kier alpha value is -2.74. The summed E-state index contributed by atoms with van der Waals surface area (Å²) in [4.78, 5) is 14.4. The van der Waals surface area contributed by atoms with Crippen molar-refractivity contribution in [2.45, 2.75) is 26.8 Å². The fourth-order valence-electron chi connectivity index (χ4n) is 2.64. The summed E-state index contributed by atoms with van der Waals surface area (Å²) in [5.74, 6) is -0.643. The van der Waals surface area contributed by atoms with Gasteiger partial charge in [-0.05, 0) is 49.0 Å². The van der Waals surface area contributed by atoms with Crippen molar-refractivity contribution >= 4 is 17.3 Å². The van der Waals surface area contributed by atoms with Crippen LogP contribution < -0.4 is 15.4 Å². The molecule has 0 heterocycles. The van der Waals surface area contributed by atoms with E-state index < -0.39 is 6.36 Å². The van der Waals surface area contributed by atoms with Gasteiger partial charge in [-0.2, -0.15) is 0 Å². The lowest BCUT2D eigenvalue weighted by atomic mass is 10.1. The number of benzene rings is 2. The van der Waals surface area contributed by atoms with E-state index in [1.54, 1.807) is 0 Å². The van der Waals surface area contributed by atoms with Gasteiger partial charge in [0.2, 0.25) is 5.91 Å². The van der Waals surface area contributed by atoms with E-state index in [0.717, 1.165) is 43.0 Å². The van der Waals surface area contributed by atoms with Gasteiger partial charge in [-0.3, -0.25) is 9.69 Å². The summed E-state index contributed by atoms with van der Waals surface area (Å²) in [6, 6.07) is 12.8. The quantitative estimate of drug-likeness (QED) is 0.658. The zero-order valence-corrected chi connectivity index (χ0v) is 15.8. The van der Waals surface area contributed by atoms with E-state index in [1.165, 1.54) is 12.1 Å². The molecule has 0 spiro atoms. The highest BCUT2D eigenvalue weighted by molar-refractivity contribution is 5.93. The molecule has 0 aliphatic carbocycles. The number of carbonyl (C=O) groups is 1. The van der Waals surface area contributed by atoms with Gasteiger partial charge in [0.1, 0.15) is 5.75 Å². The largest absolute Gasteiger partial charge is 0.573 e. The lowest BCUT2D eigenvalue weighted by Crippen LogP contribution is -2.25. The minimum atomic E-state index is -4.74. The Morgan fingerprint density at radius 2 is 1.68 bits per heavy atom. The highest BCUT2D eigenvalue weighted by Crippen LogP contribution is 2.24. The maximum atomic E-state index is 12.2. The third kappa shape index (κ3) is 7.11. The number of rotatable bonds is 9. The number of nitrogens with one attached hydrogen (secondary N) is 2. The minimum Gasteiger partial charge on any atom is -0.406 e. The van der Waals surface area contributed by atoms with Gasteiger partial charge in [-0.25, -0.2) is 0 Å². The molecule has 5 nitrogen and oxygen atoms in total. The van der Waals surface area contributed by atoms with Gasteiger partial charge >= 0.3 is 6.36 Å². The van der Waals surface area contributed by atoms with Crippen LogP contribution in [0.4, 0.5) is 24.5 Å². The van der Waals surface area contributed by atoms with Crippen LogP contribution in [0, 0.1) is 0 Å². The van der Waals surface area contributed by atoms with Crippen LogP contribution in [-0.4, -0.2) is 36.8 Å². The fraction of sp³-hybridized carbons (Fsp3) is 0.350. The van der Waals surface area contributed by atoms with Crippen molar-refractivity contribution in [1.29, 1.82) is 0 Å². The van der Waals surface area contributed by atoms with Crippen LogP contribution >= 0.6 is 0 Å². The summed E-state index contributed by atoms with van der Waals surface area (Å²) < 4.78 is 40.3. The summed E-state index contributed by atoms with van der Waals surface area (Å²) in [6.45, 7) is 6.86. The summed E-state index contributed by atoms with van der Waals surface area (Å²) in [5.41, 5.74) is 2.35. The van der Waals surface area contributed by atoms with E-state index in [-0.39, 0.29) is 18.2 Å². The number of carbonyl (C=O) groups excluding carboxylic acids is 1. The van der Waals surface area contributed by atoms with Crippen molar-refractivity contribution in [3.63, 3.8) is 0 Å². The molecule has 152 valence electrons. The van der Waals surface area contributed by atoms with Crippen molar-refractivity contribution in [1.82, 2.24) is 4.90 Å². The number of hydrogen-bond donors (Lipinski definition) is 2. The smallest absolute Gasteiger partial charge is 0.406 e. The van der Waals surface area contributed by atoms with E-state index in [2.05, 4.69) is 34.1 Å². The number of nitrogens with zero attached hydrogens (tertiary/aromatic N) is 1. The number of hydrogen-bond acceptors (Lipinski definition) is 4. The average molecular weight is 395 g/mol. The maximum absolute atomic E-state index is 12.2. The zero-order chi connectivity index (χ0) is 20.6. The molecular weight excluding hydrogens is 371 g/mol. The predicted molar refractivity (Wildman–Crippen MR) is 103 cm³/mol. The Labute approximate surface area is 162 Å². The van der Waals surface area contributed by atoms with Crippen molar-refractivity contribution in [3.05, 3.63) is 54.1 Å². The molecule has 0 radical (unpaired) electrons. The Balaban J connectivity index is 1.91. The standard InChI is InChI=1S/C20H24F3N3O2/c1-3-26(4-2)14-15-7-5-6-8-18(15)24-13-19(27)25-16-9-11-17(12-10-16)28-20(21,22)23/h5-12,24H,3-4,13-14H2,1-2H3,(H,25,27). The molecule has 0 saturated carbocycles. The van der Waals surface area contributed by atoms with Gasteiger partial charge < -0.3 is 15.4 Å². The summed E-state index contributed by atoms with van der Waals surface area (Å²) >= 11 is 0. The monoisotopic (exact) mass is 395 g/mol. The second-order valence-corrected chi connectivity index (χ2v) is 6.09. The minimum absolute atomic E-state index is 0.0378. The molecule has 0 aliphatic heterocycles. The van der Waals surface area contributed by atoms with Gasteiger partial charge in [0.05, 0.1) is 6.54 Å². The summed E-state index contributed by atoms with van der Waals surface area (Å²) in [6.07, 6.45) is -4.74. The Bertz CT molecular complexity index is 760. The number of anilines is 2. The molecule has 28 heavy (non-hydrogen) atoms. The SMILES string of the molecule is CCN(CC)Cc1ccccc1NCC(=O)Nc1ccc(OC(F)(F)F)cc1. The topological polar surface area (TPSA) is 53.6 Å². The first-order valence-electron chi connectivity index (χ1n) is 9.00. The second kappa shape index (κ2) is 9.98. The first-order chi connectivity index (χ1) is 13.3. The van der Waals surface area contributed by atoms with Gasteiger partial charge in [0, 0.05) is 17.9 Å². The molecule has 0 saturated heterocycles. The van der Waals surface area contributed by atoms with Gasteiger partial charge in [0.25, 0.3) is 0 Å². The number of alkyl halides is 3. The van der Waals surface area contributed by atoms with Crippen LogP contribution in [0.1, 0.15) is 19.4 Å². The molecule has 2 aromatic carbocycles. The van der Waals surface area contributed by atoms with Crippen molar-refractivity contribution in [2.75, 3.05) is 30.3 Å². The van der Waals surface area contributed by atoms with E-state index in [9.17, 15) is 18.0 Å².